The van der Waals surface area contributed by atoms with Crippen molar-refractivity contribution >= 4 is 10.8 Å². The molecule has 0 saturated heterocycles. The predicted octanol–water partition coefficient (Wildman–Crippen LogP) is 7.39. The number of rotatable bonds is 4. The lowest BCUT2D eigenvalue weighted by molar-refractivity contribution is 0.166. The van der Waals surface area contributed by atoms with E-state index in [2.05, 4.69) is 90.1 Å². The Labute approximate surface area is 169 Å². The van der Waals surface area contributed by atoms with Gasteiger partial charge in [0.25, 0.3) is 0 Å². The first kappa shape index (κ1) is 19.2. The SMILES string of the molecule is CC(C)c1cc(C(C)C)c(C2c3cccc4cccc(c34)C2O)c(C(C)C)c1. The normalized spacial score (nSPS) is 18.8. The maximum atomic E-state index is 11.5. The van der Waals surface area contributed by atoms with Crippen LogP contribution in [0.2, 0.25) is 0 Å². The smallest absolute Gasteiger partial charge is 0.0905 e. The number of benzene rings is 3. The summed E-state index contributed by atoms with van der Waals surface area (Å²) in [6.07, 6.45) is -0.485. The molecule has 0 heterocycles. The van der Waals surface area contributed by atoms with E-state index in [9.17, 15) is 5.11 Å². The molecule has 0 radical (unpaired) electrons. The molecule has 0 aromatic heterocycles. The monoisotopic (exact) mass is 372 g/mol. The quantitative estimate of drug-likeness (QED) is 0.506. The third-order valence-electron chi connectivity index (χ3n) is 6.43. The fourth-order valence-electron chi connectivity index (χ4n) is 4.94. The Morgan fingerprint density at radius 1 is 0.714 bits per heavy atom. The van der Waals surface area contributed by atoms with Crippen LogP contribution in [0.3, 0.4) is 0 Å². The van der Waals surface area contributed by atoms with Gasteiger partial charge in [0.05, 0.1) is 6.10 Å². The van der Waals surface area contributed by atoms with Gasteiger partial charge in [-0.3, -0.25) is 0 Å². The summed E-state index contributed by atoms with van der Waals surface area (Å²) < 4.78 is 0. The van der Waals surface area contributed by atoms with E-state index in [1.165, 1.54) is 38.6 Å². The number of hydrogen-bond acceptors (Lipinski definition) is 1. The van der Waals surface area contributed by atoms with Crippen molar-refractivity contribution in [2.45, 2.75) is 71.3 Å². The first-order valence-electron chi connectivity index (χ1n) is 10.7. The maximum absolute atomic E-state index is 11.5. The fourth-order valence-corrected chi connectivity index (χ4v) is 4.94. The second-order valence-electron chi connectivity index (χ2n) is 9.29. The zero-order valence-electron chi connectivity index (χ0n) is 18.0. The van der Waals surface area contributed by atoms with Crippen molar-refractivity contribution in [3.8, 4) is 0 Å². The van der Waals surface area contributed by atoms with E-state index < -0.39 is 6.10 Å². The Kier molecular flexibility index (Phi) is 4.83. The van der Waals surface area contributed by atoms with E-state index in [0.29, 0.717) is 17.8 Å². The highest BCUT2D eigenvalue weighted by Crippen LogP contribution is 2.52. The highest BCUT2D eigenvalue weighted by atomic mass is 16.3. The van der Waals surface area contributed by atoms with Gasteiger partial charge < -0.3 is 5.11 Å². The van der Waals surface area contributed by atoms with Crippen molar-refractivity contribution < 1.29 is 5.11 Å². The molecule has 1 aliphatic rings. The van der Waals surface area contributed by atoms with E-state index in [4.69, 9.17) is 0 Å². The molecule has 1 N–H and O–H groups in total. The molecule has 1 heteroatoms. The first-order valence-corrected chi connectivity index (χ1v) is 10.7. The number of aliphatic hydroxyl groups is 1. The topological polar surface area (TPSA) is 20.2 Å². The molecule has 1 nitrogen and oxygen atoms in total. The van der Waals surface area contributed by atoms with Crippen LogP contribution in [0.4, 0.5) is 0 Å². The molecule has 0 spiro atoms. The van der Waals surface area contributed by atoms with Crippen molar-refractivity contribution in [1.29, 1.82) is 0 Å². The highest BCUT2D eigenvalue weighted by molar-refractivity contribution is 5.92. The van der Waals surface area contributed by atoms with Gasteiger partial charge in [0, 0.05) is 5.92 Å². The Balaban J connectivity index is 2.04. The molecule has 0 aliphatic heterocycles. The van der Waals surface area contributed by atoms with Gasteiger partial charge in [-0.2, -0.15) is 0 Å². The van der Waals surface area contributed by atoms with Gasteiger partial charge in [-0.25, -0.2) is 0 Å². The van der Waals surface area contributed by atoms with Gasteiger partial charge in [0.15, 0.2) is 0 Å². The zero-order valence-corrected chi connectivity index (χ0v) is 18.0. The second-order valence-corrected chi connectivity index (χ2v) is 9.29. The predicted molar refractivity (Wildman–Crippen MR) is 119 cm³/mol. The summed E-state index contributed by atoms with van der Waals surface area (Å²) in [6, 6.07) is 17.6. The molecule has 0 amide bonds. The molecule has 4 rings (SSSR count). The molecule has 146 valence electrons. The van der Waals surface area contributed by atoms with E-state index in [1.807, 2.05) is 0 Å². The third kappa shape index (κ3) is 2.88. The summed E-state index contributed by atoms with van der Waals surface area (Å²) in [6.45, 7) is 13.7. The highest BCUT2D eigenvalue weighted by Gasteiger charge is 2.37. The average molecular weight is 373 g/mol. The van der Waals surface area contributed by atoms with E-state index >= 15 is 0 Å². The summed E-state index contributed by atoms with van der Waals surface area (Å²) in [5.41, 5.74) is 7.90. The molecule has 0 saturated carbocycles. The Hall–Kier alpha value is -2.12. The van der Waals surface area contributed by atoms with Gasteiger partial charge in [-0.15, -0.1) is 0 Å². The van der Waals surface area contributed by atoms with Crippen LogP contribution < -0.4 is 0 Å². The van der Waals surface area contributed by atoms with Crippen molar-refractivity contribution in [3.05, 3.63) is 81.9 Å². The Bertz CT molecular complexity index is 991. The fraction of sp³-hybridized carbons (Fsp3) is 0.407. The standard InChI is InChI=1S/C27H32O/c1-15(2)19-13-22(16(3)4)25(23(14-19)17(5)6)26-20-11-7-9-18-10-8-12-21(24(18)20)27(26)28/h7-17,26-28H,1-6H3. The van der Waals surface area contributed by atoms with Crippen LogP contribution in [-0.2, 0) is 0 Å². The Morgan fingerprint density at radius 2 is 1.25 bits per heavy atom. The largest absolute Gasteiger partial charge is 0.387 e. The zero-order chi connectivity index (χ0) is 20.2. The lowest BCUT2D eigenvalue weighted by atomic mass is 9.76. The van der Waals surface area contributed by atoms with Gasteiger partial charge in [-0.1, -0.05) is 90.1 Å². The van der Waals surface area contributed by atoms with Gasteiger partial charge in [0.2, 0.25) is 0 Å². The molecular formula is C27H32O. The Morgan fingerprint density at radius 3 is 1.75 bits per heavy atom. The van der Waals surface area contributed by atoms with Gasteiger partial charge >= 0.3 is 0 Å². The summed E-state index contributed by atoms with van der Waals surface area (Å²) in [5.74, 6) is 1.35. The summed E-state index contributed by atoms with van der Waals surface area (Å²) in [7, 11) is 0. The minimum absolute atomic E-state index is 0.0112. The van der Waals surface area contributed by atoms with Crippen LogP contribution in [0.15, 0.2) is 48.5 Å². The molecule has 1 aliphatic carbocycles. The minimum Gasteiger partial charge on any atom is -0.387 e. The van der Waals surface area contributed by atoms with Crippen LogP contribution in [0.5, 0.6) is 0 Å². The summed E-state index contributed by atoms with van der Waals surface area (Å²) in [5, 5.41) is 13.9. The van der Waals surface area contributed by atoms with Crippen LogP contribution in [0.25, 0.3) is 10.8 Å². The molecule has 0 fully saturated rings. The van der Waals surface area contributed by atoms with Crippen LogP contribution in [0, 0.1) is 0 Å². The molecule has 28 heavy (non-hydrogen) atoms. The lowest BCUT2D eigenvalue weighted by Gasteiger charge is -2.29. The molecule has 3 aromatic carbocycles. The summed E-state index contributed by atoms with van der Waals surface area (Å²) in [4.78, 5) is 0. The van der Waals surface area contributed by atoms with Crippen molar-refractivity contribution in [1.82, 2.24) is 0 Å². The second kappa shape index (κ2) is 7.04. The van der Waals surface area contributed by atoms with Gasteiger partial charge in [-0.05, 0) is 61.9 Å². The van der Waals surface area contributed by atoms with E-state index in [0.717, 1.165) is 5.56 Å². The first-order chi connectivity index (χ1) is 13.3. The maximum Gasteiger partial charge on any atom is 0.0905 e. The van der Waals surface area contributed by atoms with Crippen LogP contribution in [-0.4, -0.2) is 5.11 Å². The third-order valence-corrected chi connectivity index (χ3v) is 6.43. The number of aliphatic hydroxyl groups excluding tert-OH is 1. The van der Waals surface area contributed by atoms with Gasteiger partial charge in [0.1, 0.15) is 0 Å². The summed E-state index contributed by atoms with van der Waals surface area (Å²) >= 11 is 0. The molecule has 2 unspecified atom stereocenters. The molecule has 2 atom stereocenters. The van der Waals surface area contributed by atoms with Crippen molar-refractivity contribution in [2.75, 3.05) is 0 Å². The minimum atomic E-state index is -0.485. The lowest BCUT2D eigenvalue weighted by Crippen LogP contribution is -2.15. The van der Waals surface area contributed by atoms with E-state index in [1.54, 1.807) is 0 Å². The van der Waals surface area contributed by atoms with Crippen molar-refractivity contribution in [3.63, 3.8) is 0 Å². The molecule has 3 aromatic rings. The van der Waals surface area contributed by atoms with Crippen LogP contribution >= 0.6 is 0 Å². The molecular weight excluding hydrogens is 340 g/mol. The number of hydrogen-bond donors (Lipinski definition) is 1. The van der Waals surface area contributed by atoms with Crippen molar-refractivity contribution in [2.24, 2.45) is 0 Å². The molecule has 0 bridgehead atoms. The van der Waals surface area contributed by atoms with Crippen LogP contribution in [0.1, 0.15) is 105 Å². The van der Waals surface area contributed by atoms with E-state index in [-0.39, 0.29) is 5.92 Å². The average Bonchev–Trinajstić information content (AvgIpc) is 2.94.